The molecule has 2 aromatic heterocycles. The maximum Gasteiger partial charge on any atom is 0.226 e. The highest BCUT2D eigenvalue weighted by atomic mass is 32.1. The number of aromatic nitrogens is 4. The van der Waals surface area contributed by atoms with E-state index in [1.807, 2.05) is 20.9 Å². The van der Waals surface area contributed by atoms with Gasteiger partial charge in [-0.05, 0) is 14.0 Å². The van der Waals surface area contributed by atoms with Crippen LogP contribution in [-0.4, -0.2) is 32.3 Å². The van der Waals surface area contributed by atoms with Crippen molar-refractivity contribution in [2.24, 2.45) is 0 Å². The minimum atomic E-state index is 0.655. The molecule has 0 atom stereocenters. The summed E-state index contributed by atoms with van der Waals surface area (Å²) in [4.78, 5) is 6.35. The fourth-order valence-electron chi connectivity index (χ4n) is 1.43. The van der Waals surface area contributed by atoms with Crippen molar-refractivity contribution in [2.45, 2.75) is 33.4 Å². The summed E-state index contributed by atoms with van der Waals surface area (Å²) in [6, 6.07) is 0. The Morgan fingerprint density at radius 3 is 2.71 bits per heavy atom. The van der Waals surface area contributed by atoms with Gasteiger partial charge in [0.1, 0.15) is 10.0 Å². The van der Waals surface area contributed by atoms with Crippen molar-refractivity contribution in [3.8, 4) is 0 Å². The Balaban J connectivity index is 1.90. The first-order valence-electron chi connectivity index (χ1n) is 5.46. The van der Waals surface area contributed by atoms with Crippen molar-refractivity contribution >= 4 is 11.3 Å². The van der Waals surface area contributed by atoms with Crippen molar-refractivity contribution in [2.75, 3.05) is 7.05 Å². The fourth-order valence-corrected chi connectivity index (χ4v) is 2.22. The van der Waals surface area contributed by atoms with Crippen LogP contribution in [-0.2, 0) is 19.5 Å². The zero-order chi connectivity index (χ0) is 12.3. The third-order valence-corrected chi connectivity index (χ3v) is 3.02. The monoisotopic (exact) mass is 253 g/mol. The van der Waals surface area contributed by atoms with Gasteiger partial charge in [-0.1, -0.05) is 12.1 Å². The zero-order valence-corrected chi connectivity index (χ0v) is 11.0. The lowest BCUT2D eigenvalue weighted by Gasteiger charge is -2.11. The first-order valence-corrected chi connectivity index (χ1v) is 6.28. The maximum absolute atomic E-state index is 5.06. The summed E-state index contributed by atoms with van der Waals surface area (Å²) in [6.45, 7) is 5.35. The molecule has 6 nitrogen and oxygen atoms in total. The highest BCUT2D eigenvalue weighted by molar-refractivity contribution is 7.11. The second-order valence-corrected chi connectivity index (χ2v) is 5.11. The van der Waals surface area contributed by atoms with E-state index in [-0.39, 0.29) is 0 Å². The molecule has 0 spiro atoms. The molecule has 0 amide bonds. The molecule has 0 saturated heterocycles. The summed E-state index contributed by atoms with van der Waals surface area (Å²) in [7, 11) is 2.00. The second-order valence-electron chi connectivity index (χ2n) is 3.85. The third kappa shape index (κ3) is 3.31. The Kier molecular flexibility index (Phi) is 3.80. The molecule has 0 fully saturated rings. The molecule has 0 aliphatic heterocycles. The molecule has 2 aromatic rings. The first-order chi connectivity index (χ1) is 8.17. The van der Waals surface area contributed by atoms with Crippen LogP contribution in [0.2, 0.25) is 0 Å². The quantitative estimate of drug-likeness (QED) is 0.803. The zero-order valence-electron chi connectivity index (χ0n) is 10.2. The average molecular weight is 253 g/mol. The molecule has 17 heavy (non-hydrogen) atoms. The van der Waals surface area contributed by atoms with Crippen LogP contribution in [0.1, 0.15) is 28.7 Å². The summed E-state index contributed by atoms with van der Waals surface area (Å²) in [5.41, 5.74) is 0. The Bertz CT molecular complexity index is 481. The van der Waals surface area contributed by atoms with Crippen LogP contribution in [0.5, 0.6) is 0 Å². The Hall–Kier alpha value is -1.34. The number of nitrogens with zero attached hydrogens (tertiary/aromatic N) is 5. The Labute approximate surface area is 104 Å². The first kappa shape index (κ1) is 12.1. The molecule has 0 unspecified atom stereocenters. The van der Waals surface area contributed by atoms with E-state index < -0.39 is 0 Å². The van der Waals surface area contributed by atoms with Crippen LogP contribution in [0.3, 0.4) is 0 Å². The maximum atomic E-state index is 5.06. The van der Waals surface area contributed by atoms with Crippen LogP contribution in [0, 0.1) is 6.92 Å². The molecular formula is C10H15N5OS. The van der Waals surface area contributed by atoms with Crippen LogP contribution < -0.4 is 0 Å². The molecule has 0 bridgehead atoms. The average Bonchev–Trinajstić information content (AvgIpc) is 2.88. The fraction of sp³-hybridized carbons (Fsp3) is 0.600. The molecule has 0 saturated carbocycles. The van der Waals surface area contributed by atoms with Crippen molar-refractivity contribution in [3.63, 3.8) is 0 Å². The summed E-state index contributed by atoms with van der Waals surface area (Å²) >= 11 is 1.61. The molecule has 0 N–H and O–H groups in total. The summed E-state index contributed by atoms with van der Waals surface area (Å²) < 4.78 is 5.06. The van der Waals surface area contributed by atoms with Crippen LogP contribution >= 0.6 is 11.3 Å². The second kappa shape index (κ2) is 5.33. The summed E-state index contributed by atoms with van der Waals surface area (Å²) in [5.74, 6) is 1.39. The minimum Gasteiger partial charge on any atom is -0.339 e. The molecule has 0 aromatic carbocycles. The van der Waals surface area contributed by atoms with E-state index >= 15 is 0 Å². The van der Waals surface area contributed by atoms with Crippen molar-refractivity contribution in [3.05, 3.63) is 21.7 Å². The summed E-state index contributed by atoms with van der Waals surface area (Å²) in [5, 5.41) is 14.0. The smallest absolute Gasteiger partial charge is 0.226 e. The van der Waals surface area contributed by atoms with Gasteiger partial charge in [-0.25, -0.2) is 0 Å². The van der Waals surface area contributed by atoms with Gasteiger partial charge in [0, 0.05) is 6.42 Å². The third-order valence-electron chi connectivity index (χ3n) is 2.20. The highest BCUT2D eigenvalue weighted by Gasteiger charge is 2.10. The Morgan fingerprint density at radius 1 is 1.29 bits per heavy atom. The lowest BCUT2D eigenvalue weighted by Crippen LogP contribution is -2.18. The number of hydrogen-bond donors (Lipinski definition) is 0. The van der Waals surface area contributed by atoms with Crippen LogP contribution in [0.15, 0.2) is 4.52 Å². The van der Waals surface area contributed by atoms with Gasteiger partial charge in [-0.2, -0.15) is 4.98 Å². The number of rotatable bonds is 5. The number of hydrogen-bond acceptors (Lipinski definition) is 7. The molecular weight excluding hydrogens is 238 g/mol. The Morgan fingerprint density at radius 2 is 2.12 bits per heavy atom. The van der Waals surface area contributed by atoms with E-state index in [4.69, 9.17) is 4.52 Å². The van der Waals surface area contributed by atoms with Crippen LogP contribution in [0.4, 0.5) is 0 Å². The van der Waals surface area contributed by atoms with Gasteiger partial charge in [-0.3, -0.25) is 4.90 Å². The highest BCUT2D eigenvalue weighted by Crippen LogP contribution is 2.11. The lowest BCUT2D eigenvalue weighted by atomic mass is 10.4. The van der Waals surface area contributed by atoms with Gasteiger partial charge in [0.15, 0.2) is 5.82 Å². The van der Waals surface area contributed by atoms with E-state index in [1.54, 1.807) is 11.3 Å². The largest absolute Gasteiger partial charge is 0.339 e. The van der Waals surface area contributed by atoms with E-state index in [1.165, 1.54) is 0 Å². The molecule has 2 heterocycles. The summed E-state index contributed by atoms with van der Waals surface area (Å²) in [6.07, 6.45) is 0.770. The van der Waals surface area contributed by atoms with E-state index in [0.717, 1.165) is 23.0 Å². The predicted molar refractivity (Wildman–Crippen MR) is 63.5 cm³/mol. The van der Waals surface area contributed by atoms with Crippen molar-refractivity contribution in [1.82, 2.24) is 25.2 Å². The lowest BCUT2D eigenvalue weighted by molar-refractivity contribution is 0.299. The van der Waals surface area contributed by atoms with Gasteiger partial charge in [0.05, 0.1) is 13.1 Å². The molecule has 0 aliphatic rings. The van der Waals surface area contributed by atoms with Gasteiger partial charge in [0.2, 0.25) is 5.89 Å². The van der Waals surface area contributed by atoms with Gasteiger partial charge < -0.3 is 4.52 Å². The molecule has 92 valence electrons. The standard InChI is InChI=1S/C10H15N5OS/c1-4-9-11-8(14-16-9)5-15(3)6-10-13-12-7(2)17-10/h4-6H2,1-3H3. The molecule has 0 radical (unpaired) electrons. The normalized spacial score (nSPS) is 11.3. The SMILES string of the molecule is CCc1nc(CN(C)Cc2nnc(C)s2)no1. The van der Waals surface area contributed by atoms with Gasteiger partial charge in [0.25, 0.3) is 0 Å². The predicted octanol–water partition coefficient (Wildman–Crippen LogP) is 1.42. The topological polar surface area (TPSA) is 67.9 Å². The van der Waals surface area contributed by atoms with E-state index in [0.29, 0.717) is 18.3 Å². The molecule has 0 aliphatic carbocycles. The van der Waals surface area contributed by atoms with Crippen molar-refractivity contribution < 1.29 is 4.52 Å². The van der Waals surface area contributed by atoms with E-state index in [9.17, 15) is 0 Å². The van der Waals surface area contributed by atoms with E-state index in [2.05, 4.69) is 25.2 Å². The van der Waals surface area contributed by atoms with Crippen LogP contribution in [0.25, 0.3) is 0 Å². The molecule has 7 heteroatoms. The number of aryl methyl sites for hydroxylation is 2. The van der Waals surface area contributed by atoms with Crippen molar-refractivity contribution in [1.29, 1.82) is 0 Å². The van der Waals surface area contributed by atoms with Gasteiger partial charge >= 0.3 is 0 Å². The van der Waals surface area contributed by atoms with Gasteiger partial charge in [-0.15, -0.1) is 21.5 Å². The molecule has 2 rings (SSSR count). The minimum absolute atomic E-state index is 0.655.